The van der Waals surface area contributed by atoms with Gasteiger partial charge in [0, 0.05) is 18.5 Å². The maximum absolute atomic E-state index is 9.33. The molecule has 0 aliphatic carbocycles. The predicted molar refractivity (Wildman–Crippen MR) is 119 cm³/mol. The van der Waals surface area contributed by atoms with Gasteiger partial charge in [0.05, 0.1) is 34.7 Å². The molecule has 0 bridgehead atoms. The third-order valence-corrected chi connectivity index (χ3v) is 5.39. The lowest BCUT2D eigenvalue weighted by atomic mass is 10.1. The number of ether oxygens (including phenoxy) is 1. The Labute approximate surface area is 162 Å². The van der Waals surface area contributed by atoms with Crippen LogP contribution >= 0.6 is 24.4 Å². The van der Waals surface area contributed by atoms with E-state index in [0.717, 1.165) is 30.0 Å². The van der Waals surface area contributed by atoms with Gasteiger partial charge in [-0.25, -0.2) is 4.52 Å². The van der Waals surface area contributed by atoms with Crippen molar-refractivity contribution in [1.82, 2.24) is 5.09 Å². The summed E-state index contributed by atoms with van der Waals surface area (Å²) >= 11 is 0. The van der Waals surface area contributed by atoms with Crippen LogP contribution in [0.5, 0.6) is 11.5 Å². The average molecular weight is 422 g/mol. The van der Waals surface area contributed by atoms with E-state index in [2.05, 4.69) is 45.1 Å². The molecular formula is C18H35NO4P3+. The van der Waals surface area contributed by atoms with Crippen molar-refractivity contribution in [2.24, 2.45) is 0 Å². The Morgan fingerprint density at radius 2 is 1.96 bits per heavy atom. The second kappa shape index (κ2) is 11.7. The van der Waals surface area contributed by atoms with Gasteiger partial charge >= 0.3 is 0 Å². The molecule has 2 N–H and O–H groups in total. The lowest BCUT2D eigenvalue weighted by molar-refractivity contribution is 0.127. The van der Waals surface area contributed by atoms with Gasteiger partial charge in [-0.15, -0.1) is 0 Å². The Hall–Kier alpha value is -0.0100. The molecule has 150 valence electrons. The molecule has 5 nitrogen and oxygen atoms in total. The highest BCUT2D eigenvalue weighted by atomic mass is 31.2. The molecule has 2 unspecified atom stereocenters. The summed E-state index contributed by atoms with van der Waals surface area (Å²) < 4.78 is 18.2. The minimum atomic E-state index is -1.38. The molecule has 1 aromatic carbocycles. The number of aliphatic hydroxyl groups is 1. The molecular weight excluding hydrogens is 387 g/mol. The van der Waals surface area contributed by atoms with Gasteiger partial charge in [-0.1, -0.05) is 8.73 Å². The number of hydrogen-bond donors (Lipinski definition) is 2. The first-order chi connectivity index (χ1) is 12.1. The Bertz CT molecular complexity index is 538. The monoisotopic (exact) mass is 422 g/mol. The van der Waals surface area contributed by atoms with Crippen LogP contribution in [0.4, 0.5) is 0 Å². The number of hydrogen-bond acceptors (Lipinski definition) is 5. The summed E-state index contributed by atoms with van der Waals surface area (Å²) in [5.41, 5.74) is 1.05. The van der Waals surface area contributed by atoms with Crippen LogP contribution in [0.25, 0.3) is 0 Å². The lowest BCUT2D eigenvalue weighted by Crippen LogP contribution is -2.27. The van der Waals surface area contributed by atoms with E-state index >= 15 is 0 Å². The van der Waals surface area contributed by atoms with E-state index in [0.29, 0.717) is 8.73 Å². The zero-order valence-electron chi connectivity index (χ0n) is 17.1. The highest BCUT2D eigenvalue weighted by Crippen LogP contribution is 2.49. The molecule has 0 amide bonds. The van der Waals surface area contributed by atoms with Crippen molar-refractivity contribution in [3.05, 3.63) is 23.8 Å². The Morgan fingerprint density at radius 1 is 1.27 bits per heavy atom. The molecule has 0 heterocycles. The predicted octanol–water partition coefficient (Wildman–Crippen LogP) is 4.04. The summed E-state index contributed by atoms with van der Waals surface area (Å²) in [5.74, 6) is 1.64. The summed E-state index contributed by atoms with van der Waals surface area (Å²) in [6.45, 7) is 15.5. The van der Waals surface area contributed by atoms with E-state index in [9.17, 15) is 5.11 Å². The molecule has 0 spiro atoms. The molecule has 26 heavy (non-hydrogen) atoms. The SMILES string of the molecule is CPNCC(Cc1cc(OP(C)C)ccc1O[C@H](C)CO)O[P+](C)(C)C. The van der Waals surface area contributed by atoms with Gasteiger partial charge in [0.1, 0.15) is 31.2 Å². The minimum Gasteiger partial charge on any atom is -0.488 e. The zero-order valence-corrected chi connectivity index (χ0v) is 19.9. The van der Waals surface area contributed by atoms with E-state index in [1.54, 1.807) is 0 Å². The summed E-state index contributed by atoms with van der Waals surface area (Å²) in [5, 5.41) is 12.8. The summed E-state index contributed by atoms with van der Waals surface area (Å²) in [7, 11) is -1.18. The van der Waals surface area contributed by atoms with Gasteiger partial charge in [0.15, 0.2) is 0 Å². The zero-order chi connectivity index (χ0) is 19.7. The Morgan fingerprint density at radius 3 is 2.50 bits per heavy atom. The minimum absolute atomic E-state index is 0.0150. The topological polar surface area (TPSA) is 60.0 Å². The fraction of sp³-hybridized carbons (Fsp3) is 0.667. The first-order valence-electron chi connectivity index (χ1n) is 8.79. The number of aliphatic hydroxyl groups excluding tert-OH is 1. The van der Waals surface area contributed by atoms with Gasteiger partial charge in [0.2, 0.25) is 0 Å². The van der Waals surface area contributed by atoms with Crippen LogP contribution < -0.4 is 14.3 Å². The van der Waals surface area contributed by atoms with Crippen molar-refractivity contribution in [3.8, 4) is 11.5 Å². The molecule has 1 rings (SSSR count). The van der Waals surface area contributed by atoms with Crippen molar-refractivity contribution >= 4 is 24.4 Å². The van der Waals surface area contributed by atoms with E-state index in [-0.39, 0.29) is 18.8 Å². The first kappa shape index (κ1) is 24.0. The third-order valence-electron chi connectivity index (χ3n) is 3.32. The number of nitrogens with one attached hydrogen (secondary N) is 1. The molecule has 0 saturated heterocycles. The van der Waals surface area contributed by atoms with E-state index in [1.807, 2.05) is 25.1 Å². The fourth-order valence-corrected chi connectivity index (χ4v) is 4.42. The maximum Gasteiger partial charge on any atom is 0.137 e. The smallest absolute Gasteiger partial charge is 0.137 e. The van der Waals surface area contributed by atoms with Gasteiger partial charge in [-0.05, 0) is 45.1 Å². The summed E-state index contributed by atoms with van der Waals surface area (Å²) in [4.78, 5) is 0. The molecule has 0 aliphatic heterocycles. The number of rotatable bonds is 12. The molecule has 0 radical (unpaired) electrons. The van der Waals surface area contributed by atoms with E-state index in [1.165, 1.54) is 0 Å². The molecule has 3 atom stereocenters. The van der Waals surface area contributed by atoms with Gasteiger partial charge in [-0.3, -0.25) is 5.09 Å². The van der Waals surface area contributed by atoms with Crippen LogP contribution in [0.15, 0.2) is 18.2 Å². The normalized spacial score (nSPS) is 14.8. The first-order valence-corrected chi connectivity index (χ1v) is 15.5. The van der Waals surface area contributed by atoms with Crippen LogP contribution in [-0.4, -0.2) is 70.5 Å². The quantitative estimate of drug-likeness (QED) is 0.498. The highest BCUT2D eigenvalue weighted by molar-refractivity contribution is 7.69. The van der Waals surface area contributed by atoms with Crippen LogP contribution in [0, 0.1) is 0 Å². The standard InChI is InChI=1S/C18H35NO4P3/c1-14(13-20)21-18-9-8-16(22-25(3)4)10-15(18)11-17(12-19-24-2)23-26(5,6)7/h8-10,14,17,19-20,24H,11-13H2,1-7H3/q+1/t14-,17?/m1/s1. The van der Waals surface area contributed by atoms with E-state index in [4.69, 9.17) is 13.8 Å². The molecule has 0 fully saturated rings. The molecule has 1 aromatic rings. The molecule has 0 aromatic heterocycles. The second-order valence-electron chi connectivity index (χ2n) is 7.24. The largest absolute Gasteiger partial charge is 0.488 e. The fourth-order valence-electron chi connectivity index (χ4n) is 2.41. The van der Waals surface area contributed by atoms with Crippen molar-refractivity contribution in [2.45, 2.75) is 25.6 Å². The van der Waals surface area contributed by atoms with Crippen LogP contribution in [0.3, 0.4) is 0 Å². The van der Waals surface area contributed by atoms with Crippen LogP contribution in [0.1, 0.15) is 12.5 Å². The second-order valence-corrected chi connectivity index (χ2v) is 13.9. The van der Waals surface area contributed by atoms with Crippen molar-refractivity contribution in [2.75, 3.05) is 53.1 Å². The Kier molecular flexibility index (Phi) is 10.9. The van der Waals surface area contributed by atoms with Crippen LogP contribution in [-0.2, 0) is 10.9 Å². The summed E-state index contributed by atoms with van der Waals surface area (Å²) in [6.07, 6.45) is 0.562. The number of benzene rings is 1. The van der Waals surface area contributed by atoms with Crippen molar-refractivity contribution in [3.63, 3.8) is 0 Å². The Balaban J connectivity index is 3.07. The average Bonchev–Trinajstić information content (AvgIpc) is 2.52. The summed E-state index contributed by atoms with van der Waals surface area (Å²) in [6, 6.07) is 5.92. The van der Waals surface area contributed by atoms with E-state index < -0.39 is 15.6 Å². The van der Waals surface area contributed by atoms with Gasteiger partial charge < -0.3 is 14.4 Å². The van der Waals surface area contributed by atoms with Gasteiger partial charge in [-0.2, -0.15) is 0 Å². The highest BCUT2D eigenvalue weighted by Gasteiger charge is 2.27. The van der Waals surface area contributed by atoms with Crippen molar-refractivity contribution in [1.29, 1.82) is 0 Å². The van der Waals surface area contributed by atoms with Crippen molar-refractivity contribution < 1.29 is 18.9 Å². The molecule has 0 aliphatic rings. The van der Waals surface area contributed by atoms with Gasteiger partial charge in [0.25, 0.3) is 0 Å². The van der Waals surface area contributed by atoms with Crippen LogP contribution in [0.2, 0.25) is 0 Å². The maximum atomic E-state index is 9.33. The lowest BCUT2D eigenvalue weighted by Gasteiger charge is -2.23. The molecule has 8 heteroatoms. The molecule has 0 saturated carbocycles. The third kappa shape index (κ3) is 9.79.